The Bertz CT molecular complexity index is 862. The number of hydrogen-bond acceptors (Lipinski definition) is 5. The Hall–Kier alpha value is -2.54. The topological polar surface area (TPSA) is 58.6 Å². The van der Waals surface area contributed by atoms with E-state index in [9.17, 15) is 9.18 Å². The van der Waals surface area contributed by atoms with Crippen LogP contribution in [0.4, 0.5) is 10.2 Å². The summed E-state index contributed by atoms with van der Waals surface area (Å²) in [5, 5.41) is 0. The minimum absolute atomic E-state index is 0.135. The fraction of sp³-hybridized carbons (Fsp3) is 0.476. The summed E-state index contributed by atoms with van der Waals surface area (Å²) in [6, 6.07) is 8.61. The Labute approximate surface area is 164 Å². The van der Waals surface area contributed by atoms with Crippen LogP contribution in [0, 0.1) is 11.2 Å². The number of anilines is 1. The van der Waals surface area contributed by atoms with E-state index in [1.165, 1.54) is 6.07 Å². The molecule has 2 aliphatic heterocycles. The maximum absolute atomic E-state index is 14.1. The van der Waals surface area contributed by atoms with Gasteiger partial charge in [0, 0.05) is 44.9 Å². The number of hydrogen-bond donors (Lipinski definition) is 0. The van der Waals surface area contributed by atoms with Crippen LogP contribution in [0.5, 0.6) is 0 Å². The molecule has 2 fully saturated rings. The predicted molar refractivity (Wildman–Crippen MR) is 103 cm³/mol. The second-order valence-corrected chi connectivity index (χ2v) is 7.67. The lowest BCUT2D eigenvalue weighted by atomic mass is 9.78. The lowest BCUT2D eigenvalue weighted by molar-refractivity contribution is -0.145. The van der Waals surface area contributed by atoms with E-state index in [0.29, 0.717) is 31.8 Å². The molecule has 2 aromatic rings. The summed E-state index contributed by atoms with van der Waals surface area (Å²) in [5.41, 5.74) is 0.989. The fourth-order valence-corrected chi connectivity index (χ4v) is 4.37. The molecule has 0 N–H and O–H groups in total. The lowest BCUT2D eigenvalue weighted by Gasteiger charge is -2.39. The Kier molecular flexibility index (Phi) is 5.26. The zero-order valence-electron chi connectivity index (χ0n) is 16.1. The Morgan fingerprint density at radius 1 is 1.21 bits per heavy atom. The molecule has 2 saturated heterocycles. The van der Waals surface area contributed by atoms with Crippen molar-refractivity contribution < 1.29 is 13.9 Å². The molecule has 4 rings (SSSR count). The number of aromatic nitrogens is 2. The molecule has 7 heteroatoms. The van der Waals surface area contributed by atoms with Crippen LogP contribution in [0.2, 0.25) is 0 Å². The van der Waals surface area contributed by atoms with E-state index in [2.05, 4.69) is 14.9 Å². The summed E-state index contributed by atoms with van der Waals surface area (Å²) in [6.07, 6.45) is 4.14. The van der Waals surface area contributed by atoms with Crippen LogP contribution in [0.3, 0.4) is 0 Å². The van der Waals surface area contributed by atoms with Crippen molar-refractivity contribution in [2.45, 2.75) is 32.4 Å². The molecule has 1 aromatic carbocycles. The van der Waals surface area contributed by atoms with E-state index in [1.807, 2.05) is 17.0 Å². The first-order chi connectivity index (χ1) is 13.6. The van der Waals surface area contributed by atoms with Crippen molar-refractivity contribution in [3.8, 4) is 0 Å². The highest BCUT2D eigenvalue weighted by Gasteiger charge is 2.48. The fourth-order valence-electron chi connectivity index (χ4n) is 4.37. The van der Waals surface area contributed by atoms with Gasteiger partial charge in [-0.05, 0) is 25.3 Å². The Morgan fingerprint density at radius 2 is 2.07 bits per heavy atom. The maximum atomic E-state index is 14.1. The van der Waals surface area contributed by atoms with Crippen molar-refractivity contribution >= 4 is 11.7 Å². The molecule has 2 aliphatic rings. The average molecular weight is 384 g/mol. The molecule has 0 radical (unpaired) electrons. The van der Waals surface area contributed by atoms with Gasteiger partial charge in [0.1, 0.15) is 18.0 Å². The summed E-state index contributed by atoms with van der Waals surface area (Å²) in [5.74, 6) is 0.711. The summed E-state index contributed by atoms with van der Waals surface area (Å²) >= 11 is 0. The number of halogens is 1. The molecule has 3 heterocycles. The van der Waals surface area contributed by atoms with Gasteiger partial charge in [-0.2, -0.15) is 0 Å². The number of rotatable bonds is 5. The monoisotopic (exact) mass is 384 g/mol. The van der Waals surface area contributed by atoms with Gasteiger partial charge in [0.05, 0.1) is 17.7 Å². The van der Waals surface area contributed by atoms with E-state index in [4.69, 9.17) is 4.74 Å². The highest BCUT2D eigenvalue weighted by atomic mass is 19.1. The third kappa shape index (κ3) is 3.58. The third-order valence-electron chi connectivity index (χ3n) is 5.82. The van der Waals surface area contributed by atoms with Gasteiger partial charge in [-0.25, -0.2) is 14.4 Å². The van der Waals surface area contributed by atoms with Crippen molar-refractivity contribution in [3.05, 3.63) is 53.7 Å². The standard InChI is InChI=1S/C21H25FN4O2/c1-28-13-17-11-19(24-15-23-17)26-10-8-21(14-26)7-4-9-25(20(21)27)12-16-5-2-3-6-18(16)22/h2-3,5-6,11,15H,4,7-10,12-14H2,1H3/t21-/m0/s1. The van der Waals surface area contributed by atoms with Crippen LogP contribution in [-0.2, 0) is 22.7 Å². The van der Waals surface area contributed by atoms with Gasteiger partial charge in [0.15, 0.2) is 0 Å². The largest absolute Gasteiger partial charge is 0.378 e. The highest BCUT2D eigenvalue weighted by molar-refractivity contribution is 5.85. The minimum Gasteiger partial charge on any atom is -0.378 e. The molecule has 0 saturated carbocycles. The quantitative estimate of drug-likeness (QED) is 0.793. The molecule has 0 bridgehead atoms. The molecule has 1 aromatic heterocycles. The average Bonchev–Trinajstić information content (AvgIpc) is 3.13. The third-order valence-corrected chi connectivity index (χ3v) is 5.82. The molecule has 28 heavy (non-hydrogen) atoms. The SMILES string of the molecule is COCc1cc(N2CC[C@@]3(CCCN(Cc4ccccc4F)C3=O)C2)ncn1. The molecular weight excluding hydrogens is 359 g/mol. The number of amides is 1. The van der Waals surface area contributed by atoms with E-state index >= 15 is 0 Å². The van der Waals surface area contributed by atoms with E-state index in [1.54, 1.807) is 25.6 Å². The number of methoxy groups -OCH3 is 1. The zero-order valence-corrected chi connectivity index (χ0v) is 16.1. The van der Waals surface area contributed by atoms with Gasteiger partial charge in [0.25, 0.3) is 0 Å². The maximum Gasteiger partial charge on any atom is 0.230 e. The summed E-state index contributed by atoms with van der Waals surface area (Å²) in [4.78, 5) is 25.9. The molecule has 6 nitrogen and oxygen atoms in total. The molecule has 1 atom stereocenters. The number of likely N-dealkylation sites (tertiary alicyclic amines) is 1. The number of benzene rings is 1. The predicted octanol–water partition coefficient (Wildman–Crippen LogP) is 2.78. The lowest BCUT2D eigenvalue weighted by Crippen LogP contribution is -2.49. The van der Waals surface area contributed by atoms with Crippen molar-refractivity contribution in [2.75, 3.05) is 31.6 Å². The van der Waals surface area contributed by atoms with Gasteiger partial charge < -0.3 is 14.5 Å². The molecular formula is C21H25FN4O2. The van der Waals surface area contributed by atoms with Gasteiger partial charge in [-0.3, -0.25) is 4.79 Å². The van der Waals surface area contributed by atoms with Crippen LogP contribution in [0.15, 0.2) is 36.7 Å². The number of carbonyl (C=O) groups is 1. The van der Waals surface area contributed by atoms with Crippen molar-refractivity contribution in [1.82, 2.24) is 14.9 Å². The van der Waals surface area contributed by atoms with Gasteiger partial charge >= 0.3 is 0 Å². The first kappa shape index (κ1) is 18.8. The Morgan fingerprint density at radius 3 is 2.89 bits per heavy atom. The number of carbonyl (C=O) groups excluding carboxylic acids is 1. The second kappa shape index (κ2) is 7.83. The molecule has 0 unspecified atom stereocenters. The normalized spacial score (nSPS) is 22.3. The minimum atomic E-state index is -0.407. The van der Waals surface area contributed by atoms with Crippen LogP contribution >= 0.6 is 0 Å². The van der Waals surface area contributed by atoms with Crippen molar-refractivity contribution in [1.29, 1.82) is 0 Å². The first-order valence-corrected chi connectivity index (χ1v) is 9.69. The van der Waals surface area contributed by atoms with Gasteiger partial charge in [0.2, 0.25) is 5.91 Å². The highest BCUT2D eigenvalue weighted by Crippen LogP contribution is 2.41. The number of nitrogens with zero attached hydrogens (tertiary/aromatic N) is 4. The number of ether oxygens (including phenoxy) is 1. The first-order valence-electron chi connectivity index (χ1n) is 9.69. The summed E-state index contributed by atoms with van der Waals surface area (Å²) in [6.45, 7) is 2.87. The Balaban J connectivity index is 1.50. The van der Waals surface area contributed by atoms with E-state index < -0.39 is 5.41 Å². The van der Waals surface area contributed by atoms with Crippen molar-refractivity contribution in [2.24, 2.45) is 5.41 Å². The second-order valence-electron chi connectivity index (χ2n) is 7.67. The van der Waals surface area contributed by atoms with E-state index in [0.717, 1.165) is 37.3 Å². The zero-order chi connectivity index (χ0) is 19.6. The number of piperidine rings is 1. The van der Waals surface area contributed by atoms with Crippen molar-refractivity contribution in [3.63, 3.8) is 0 Å². The molecule has 1 amide bonds. The van der Waals surface area contributed by atoms with Crippen LogP contribution in [0.1, 0.15) is 30.5 Å². The van der Waals surface area contributed by atoms with E-state index in [-0.39, 0.29) is 11.7 Å². The molecule has 148 valence electrons. The van der Waals surface area contributed by atoms with Gasteiger partial charge in [-0.1, -0.05) is 18.2 Å². The molecule has 0 aliphatic carbocycles. The smallest absolute Gasteiger partial charge is 0.230 e. The molecule has 1 spiro atoms. The van der Waals surface area contributed by atoms with Crippen LogP contribution < -0.4 is 4.90 Å². The summed E-state index contributed by atoms with van der Waals surface area (Å²) < 4.78 is 19.2. The van der Waals surface area contributed by atoms with Crippen LogP contribution in [0.25, 0.3) is 0 Å². The van der Waals surface area contributed by atoms with Crippen LogP contribution in [-0.4, -0.2) is 47.5 Å². The van der Waals surface area contributed by atoms with Gasteiger partial charge in [-0.15, -0.1) is 0 Å². The summed E-state index contributed by atoms with van der Waals surface area (Å²) in [7, 11) is 1.64.